The number of hydrogen-bond acceptors (Lipinski definition) is 3. The third kappa shape index (κ3) is 3.47. The molecular formula is C16H26N2OS. The van der Waals surface area contributed by atoms with Gasteiger partial charge in [-0.3, -0.25) is 0 Å². The summed E-state index contributed by atoms with van der Waals surface area (Å²) >= 11 is 5.44. The van der Waals surface area contributed by atoms with Crippen LogP contribution in [0.25, 0.3) is 0 Å². The largest absolute Gasteiger partial charge is 0.370 e. The van der Waals surface area contributed by atoms with Crippen LogP contribution in [-0.4, -0.2) is 16.6 Å². The number of rotatable bonds is 5. The Morgan fingerprint density at radius 2 is 2.00 bits per heavy atom. The molecule has 112 valence electrons. The first-order valence-electron chi connectivity index (χ1n) is 7.88. The minimum absolute atomic E-state index is 0.0756. The lowest BCUT2D eigenvalue weighted by Crippen LogP contribution is -2.22. The predicted octanol–water partition coefficient (Wildman–Crippen LogP) is 4.67. The van der Waals surface area contributed by atoms with Gasteiger partial charge in [0.1, 0.15) is 16.6 Å². The predicted molar refractivity (Wildman–Crippen MR) is 84.5 cm³/mol. The molecule has 0 amide bonds. The summed E-state index contributed by atoms with van der Waals surface area (Å²) in [6, 6.07) is 0. The maximum atomic E-state index is 6.01. The number of ether oxygens (including phenoxy) is 1. The summed E-state index contributed by atoms with van der Waals surface area (Å²) < 4.78 is 6.75. The quantitative estimate of drug-likeness (QED) is 0.802. The Balaban J connectivity index is 2.31. The molecular weight excluding hydrogens is 268 g/mol. The lowest BCUT2D eigenvalue weighted by atomic mass is 9.85. The van der Waals surface area contributed by atoms with Gasteiger partial charge >= 0.3 is 0 Å². The molecule has 0 radical (unpaired) electrons. The maximum Gasteiger partial charge on any atom is 0.137 e. The highest BCUT2D eigenvalue weighted by molar-refractivity contribution is 7.71. The van der Waals surface area contributed by atoms with E-state index in [1.54, 1.807) is 0 Å². The second-order valence-electron chi connectivity index (χ2n) is 5.66. The van der Waals surface area contributed by atoms with Gasteiger partial charge in [-0.05, 0) is 39.0 Å². The normalized spacial score (nSPS) is 18.1. The van der Waals surface area contributed by atoms with E-state index in [0.29, 0.717) is 5.92 Å². The first-order chi connectivity index (χ1) is 9.67. The third-order valence-corrected chi connectivity index (χ3v) is 4.63. The minimum Gasteiger partial charge on any atom is -0.370 e. The van der Waals surface area contributed by atoms with Crippen LogP contribution in [0.15, 0.2) is 0 Å². The molecule has 1 saturated carbocycles. The van der Waals surface area contributed by atoms with E-state index >= 15 is 0 Å². The number of nitrogens with one attached hydrogen (secondary N) is 1. The molecule has 20 heavy (non-hydrogen) atoms. The summed E-state index contributed by atoms with van der Waals surface area (Å²) in [6.45, 7) is 6.98. The van der Waals surface area contributed by atoms with E-state index in [9.17, 15) is 0 Å². The highest BCUT2D eigenvalue weighted by atomic mass is 32.1. The molecule has 1 atom stereocenters. The number of nitrogens with zero attached hydrogens (tertiary/aromatic N) is 1. The Kier molecular flexibility index (Phi) is 5.73. The van der Waals surface area contributed by atoms with Crippen LogP contribution in [0.3, 0.4) is 0 Å². The average Bonchev–Trinajstić information content (AvgIpc) is 2.45. The first-order valence-corrected chi connectivity index (χ1v) is 8.29. The van der Waals surface area contributed by atoms with Crippen LogP contribution in [0.1, 0.15) is 69.1 Å². The second kappa shape index (κ2) is 7.32. The van der Waals surface area contributed by atoms with Crippen molar-refractivity contribution in [2.24, 2.45) is 5.92 Å². The zero-order valence-electron chi connectivity index (χ0n) is 12.9. The van der Waals surface area contributed by atoms with Crippen LogP contribution in [0.4, 0.5) is 0 Å². The van der Waals surface area contributed by atoms with Crippen molar-refractivity contribution in [3.05, 3.63) is 21.7 Å². The highest BCUT2D eigenvalue weighted by Crippen LogP contribution is 2.35. The van der Waals surface area contributed by atoms with Gasteiger partial charge in [0.05, 0.1) is 0 Å². The van der Waals surface area contributed by atoms with Crippen molar-refractivity contribution >= 4 is 12.2 Å². The molecule has 0 aliphatic heterocycles. The molecule has 0 aromatic carbocycles. The molecule has 4 heteroatoms. The summed E-state index contributed by atoms with van der Waals surface area (Å²) in [6.07, 6.45) is 7.45. The zero-order chi connectivity index (χ0) is 14.5. The first kappa shape index (κ1) is 15.6. The fourth-order valence-electron chi connectivity index (χ4n) is 3.24. The molecule has 0 spiro atoms. The third-order valence-electron chi connectivity index (χ3n) is 4.30. The lowest BCUT2D eigenvalue weighted by Gasteiger charge is -2.29. The Morgan fingerprint density at radius 1 is 1.30 bits per heavy atom. The van der Waals surface area contributed by atoms with Crippen LogP contribution in [0.2, 0.25) is 0 Å². The standard InChI is InChI=1S/C16H26N2OS/c1-4-13-11(3)17-15(18-16(13)20)14(19-5-2)12-9-7-6-8-10-12/h12,14H,4-10H2,1-3H3,(H,17,18,20). The van der Waals surface area contributed by atoms with Gasteiger partial charge in [-0.1, -0.05) is 38.4 Å². The molecule has 2 rings (SSSR count). The van der Waals surface area contributed by atoms with Crippen molar-refractivity contribution < 1.29 is 4.74 Å². The molecule has 1 unspecified atom stereocenters. The van der Waals surface area contributed by atoms with E-state index in [2.05, 4.69) is 30.7 Å². The Bertz CT molecular complexity index is 492. The molecule has 0 bridgehead atoms. The van der Waals surface area contributed by atoms with Gasteiger partial charge in [-0.2, -0.15) is 0 Å². The molecule has 1 aromatic rings. The number of aryl methyl sites for hydroxylation is 1. The fourth-order valence-corrected chi connectivity index (χ4v) is 3.63. The lowest BCUT2D eigenvalue weighted by molar-refractivity contribution is -0.000386. The van der Waals surface area contributed by atoms with Gasteiger partial charge in [0.2, 0.25) is 0 Å². The molecule has 1 aliphatic carbocycles. The van der Waals surface area contributed by atoms with Crippen LogP contribution < -0.4 is 0 Å². The van der Waals surface area contributed by atoms with E-state index < -0.39 is 0 Å². The Hall–Kier alpha value is -0.740. The monoisotopic (exact) mass is 294 g/mol. The van der Waals surface area contributed by atoms with Crippen molar-refractivity contribution in [3.63, 3.8) is 0 Å². The van der Waals surface area contributed by atoms with Crippen LogP contribution >= 0.6 is 12.2 Å². The summed E-state index contributed by atoms with van der Waals surface area (Å²) in [5.41, 5.74) is 2.30. The second-order valence-corrected chi connectivity index (χ2v) is 6.05. The van der Waals surface area contributed by atoms with Crippen LogP contribution in [0.5, 0.6) is 0 Å². The van der Waals surface area contributed by atoms with E-state index in [4.69, 9.17) is 17.0 Å². The summed E-state index contributed by atoms with van der Waals surface area (Å²) in [5.74, 6) is 1.51. The van der Waals surface area contributed by atoms with Crippen molar-refractivity contribution in [2.75, 3.05) is 6.61 Å². The maximum absolute atomic E-state index is 6.01. The van der Waals surface area contributed by atoms with Gasteiger partial charge < -0.3 is 9.72 Å². The molecule has 1 N–H and O–H groups in total. The van der Waals surface area contributed by atoms with Crippen molar-refractivity contribution in [2.45, 2.75) is 65.4 Å². The summed E-state index contributed by atoms with van der Waals surface area (Å²) in [4.78, 5) is 8.08. The molecule has 3 nitrogen and oxygen atoms in total. The SMILES string of the molecule is CCOC(c1nc(=S)c(CC)c(C)[nH]1)C1CCCCC1. The number of aromatic nitrogens is 2. The fraction of sp³-hybridized carbons (Fsp3) is 0.750. The van der Waals surface area contributed by atoms with Crippen LogP contribution in [0, 0.1) is 17.5 Å². The van der Waals surface area contributed by atoms with E-state index in [-0.39, 0.29) is 6.10 Å². The van der Waals surface area contributed by atoms with Crippen molar-refractivity contribution in [3.8, 4) is 0 Å². The topological polar surface area (TPSA) is 37.9 Å². The molecule has 1 heterocycles. The van der Waals surface area contributed by atoms with Gasteiger partial charge in [0, 0.05) is 17.9 Å². The van der Waals surface area contributed by atoms with Gasteiger partial charge in [-0.15, -0.1) is 0 Å². The number of hydrogen-bond donors (Lipinski definition) is 1. The molecule has 1 aliphatic rings. The minimum atomic E-state index is 0.0756. The molecule has 1 fully saturated rings. The van der Waals surface area contributed by atoms with Gasteiger partial charge in [-0.25, -0.2) is 4.98 Å². The number of aromatic amines is 1. The molecule has 0 saturated heterocycles. The summed E-state index contributed by atoms with van der Waals surface area (Å²) in [7, 11) is 0. The van der Waals surface area contributed by atoms with E-state index in [1.165, 1.54) is 32.1 Å². The van der Waals surface area contributed by atoms with Gasteiger partial charge in [0.15, 0.2) is 0 Å². The smallest absolute Gasteiger partial charge is 0.137 e. The Labute approximate surface area is 127 Å². The van der Waals surface area contributed by atoms with Crippen molar-refractivity contribution in [1.82, 2.24) is 9.97 Å². The highest BCUT2D eigenvalue weighted by Gasteiger charge is 2.27. The van der Waals surface area contributed by atoms with Crippen molar-refractivity contribution in [1.29, 1.82) is 0 Å². The number of H-pyrrole nitrogens is 1. The Morgan fingerprint density at radius 3 is 2.55 bits per heavy atom. The van der Waals surface area contributed by atoms with E-state index in [0.717, 1.165) is 34.8 Å². The van der Waals surface area contributed by atoms with Crippen LogP contribution in [-0.2, 0) is 11.2 Å². The van der Waals surface area contributed by atoms with E-state index in [1.807, 2.05) is 0 Å². The van der Waals surface area contributed by atoms with Gasteiger partial charge in [0.25, 0.3) is 0 Å². The molecule has 1 aromatic heterocycles. The zero-order valence-corrected chi connectivity index (χ0v) is 13.7. The summed E-state index contributed by atoms with van der Waals surface area (Å²) in [5, 5.41) is 0. The average molecular weight is 294 g/mol.